The highest BCUT2D eigenvalue weighted by molar-refractivity contribution is 5.78. The molecule has 2 aromatic rings. The van der Waals surface area contributed by atoms with Crippen molar-refractivity contribution in [3.05, 3.63) is 36.0 Å². The van der Waals surface area contributed by atoms with Crippen LogP contribution in [0.3, 0.4) is 0 Å². The van der Waals surface area contributed by atoms with Crippen molar-refractivity contribution in [2.75, 3.05) is 0 Å². The fraction of sp³-hybridized carbons (Fsp3) is 0.273. The van der Waals surface area contributed by atoms with Crippen LogP contribution in [0.2, 0.25) is 0 Å². The summed E-state index contributed by atoms with van der Waals surface area (Å²) in [6, 6.07) is 10.3. The van der Waals surface area contributed by atoms with Crippen LogP contribution in [0.15, 0.2) is 30.3 Å². The molecule has 0 N–H and O–H groups in total. The Labute approximate surface area is 76.6 Å². The molecule has 0 saturated heterocycles. The first-order valence-electron chi connectivity index (χ1n) is 4.66. The Balaban J connectivity index is 2.21. The van der Waals surface area contributed by atoms with E-state index in [0.29, 0.717) is 5.92 Å². The van der Waals surface area contributed by atoms with Crippen LogP contribution in [0.5, 0.6) is 0 Å². The summed E-state index contributed by atoms with van der Waals surface area (Å²) < 4.78 is 0. The molecule has 0 aliphatic heterocycles. The molecule has 0 bridgehead atoms. The lowest BCUT2D eigenvalue weighted by Gasteiger charge is -1.98. The van der Waals surface area contributed by atoms with E-state index in [4.69, 9.17) is 0 Å². The third-order valence-corrected chi connectivity index (χ3v) is 2.51. The Kier molecular flexibility index (Phi) is 1.36. The number of fused-ring (bicyclic) bond motifs is 1. The highest BCUT2D eigenvalue weighted by Gasteiger charge is 2.25. The predicted molar refractivity (Wildman–Crippen MR) is 51.5 cm³/mol. The Morgan fingerprint density at radius 3 is 2.77 bits per heavy atom. The number of aromatic nitrogens is 2. The molecule has 1 heterocycles. The Hall–Kier alpha value is -1.44. The van der Waals surface area contributed by atoms with Crippen LogP contribution >= 0.6 is 0 Å². The van der Waals surface area contributed by atoms with Crippen LogP contribution < -0.4 is 0 Å². The molecule has 13 heavy (non-hydrogen) atoms. The summed E-state index contributed by atoms with van der Waals surface area (Å²) in [5, 5.41) is 9.62. The molecule has 0 amide bonds. The van der Waals surface area contributed by atoms with Crippen molar-refractivity contribution in [1.29, 1.82) is 0 Å². The first-order chi connectivity index (χ1) is 6.43. The SMILES string of the molecule is c1ccc2nnc(C3CC3)cc2c1. The first kappa shape index (κ1) is 7.01. The summed E-state index contributed by atoms with van der Waals surface area (Å²) >= 11 is 0. The van der Waals surface area contributed by atoms with Gasteiger partial charge in [0.05, 0.1) is 11.2 Å². The predicted octanol–water partition coefficient (Wildman–Crippen LogP) is 2.51. The maximum atomic E-state index is 4.22. The second kappa shape index (κ2) is 2.52. The number of hydrogen-bond donors (Lipinski definition) is 0. The lowest BCUT2D eigenvalue weighted by Crippen LogP contribution is -1.90. The summed E-state index contributed by atoms with van der Waals surface area (Å²) in [5.74, 6) is 0.692. The zero-order valence-corrected chi connectivity index (χ0v) is 7.27. The molecule has 1 saturated carbocycles. The van der Waals surface area contributed by atoms with Crippen LogP contribution in [-0.2, 0) is 0 Å². The summed E-state index contributed by atoms with van der Waals surface area (Å²) in [4.78, 5) is 0. The quantitative estimate of drug-likeness (QED) is 0.657. The average Bonchev–Trinajstić information content (AvgIpc) is 3.00. The molecule has 0 atom stereocenters. The van der Waals surface area contributed by atoms with Gasteiger partial charge in [-0.25, -0.2) is 0 Å². The van der Waals surface area contributed by atoms with Gasteiger partial charge < -0.3 is 0 Å². The lowest BCUT2D eigenvalue weighted by atomic mass is 10.2. The molecule has 2 nitrogen and oxygen atoms in total. The van der Waals surface area contributed by atoms with Crippen molar-refractivity contribution in [3.8, 4) is 0 Å². The van der Waals surface area contributed by atoms with Crippen molar-refractivity contribution >= 4 is 10.9 Å². The zero-order valence-electron chi connectivity index (χ0n) is 7.27. The topological polar surface area (TPSA) is 25.8 Å². The standard InChI is InChI=1S/C11H10N2/c1-2-4-10-9(3-1)7-11(13-12-10)8-5-6-8/h1-4,7-8H,5-6H2. The zero-order chi connectivity index (χ0) is 8.67. The molecular formula is C11H10N2. The third kappa shape index (κ3) is 1.18. The van der Waals surface area contributed by atoms with E-state index in [0.717, 1.165) is 5.52 Å². The van der Waals surface area contributed by atoms with Gasteiger partial charge in [-0.3, -0.25) is 0 Å². The minimum Gasteiger partial charge on any atom is -0.155 e. The molecular weight excluding hydrogens is 160 g/mol. The molecule has 1 aliphatic rings. The third-order valence-electron chi connectivity index (χ3n) is 2.51. The second-order valence-corrected chi connectivity index (χ2v) is 3.60. The normalized spacial score (nSPS) is 16.3. The Morgan fingerprint density at radius 1 is 1.08 bits per heavy atom. The maximum Gasteiger partial charge on any atom is 0.0929 e. The van der Waals surface area contributed by atoms with Crippen LogP contribution in [0.4, 0.5) is 0 Å². The molecule has 3 rings (SSSR count). The summed E-state index contributed by atoms with van der Waals surface area (Å²) in [7, 11) is 0. The van der Waals surface area contributed by atoms with E-state index in [1.807, 2.05) is 18.2 Å². The van der Waals surface area contributed by atoms with Crippen LogP contribution in [0, 0.1) is 0 Å². The van der Waals surface area contributed by atoms with Crippen molar-refractivity contribution in [2.24, 2.45) is 0 Å². The van der Waals surface area contributed by atoms with E-state index in [2.05, 4.69) is 22.3 Å². The van der Waals surface area contributed by atoms with Gasteiger partial charge in [-0.15, -0.1) is 0 Å². The molecule has 0 spiro atoms. The van der Waals surface area contributed by atoms with Crippen molar-refractivity contribution in [3.63, 3.8) is 0 Å². The van der Waals surface area contributed by atoms with Crippen LogP contribution in [0.1, 0.15) is 24.5 Å². The average molecular weight is 170 g/mol. The highest BCUT2D eigenvalue weighted by atomic mass is 15.1. The van der Waals surface area contributed by atoms with E-state index in [1.165, 1.54) is 23.9 Å². The minimum atomic E-state index is 0.692. The molecule has 1 aromatic carbocycles. The second-order valence-electron chi connectivity index (χ2n) is 3.60. The molecule has 0 unspecified atom stereocenters. The van der Waals surface area contributed by atoms with Gasteiger partial charge in [0.2, 0.25) is 0 Å². The van der Waals surface area contributed by atoms with Gasteiger partial charge in [0, 0.05) is 11.3 Å². The number of rotatable bonds is 1. The fourth-order valence-electron chi connectivity index (χ4n) is 1.58. The summed E-state index contributed by atoms with van der Waals surface area (Å²) in [6.45, 7) is 0. The number of hydrogen-bond acceptors (Lipinski definition) is 2. The van der Waals surface area contributed by atoms with Crippen molar-refractivity contribution in [1.82, 2.24) is 10.2 Å². The smallest absolute Gasteiger partial charge is 0.0929 e. The highest BCUT2D eigenvalue weighted by Crippen LogP contribution is 2.39. The molecule has 1 aliphatic carbocycles. The van der Waals surface area contributed by atoms with E-state index in [1.54, 1.807) is 0 Å². The van der Waals surface area contributed by atoms with Gasteiger partial charge in [-0.2, -0.15) is 10.2 Å². The maximum absolute atomic E-state index is 4.22. The van der Waals surface area contributed by atoms with Crippen LogP contribution in [0.25, 0.3) is 10.9 Å². The van der Waals surface area contributed by atoms with Gasteiger partial charge in [-0.1, -0.05) is 18.2 Å². The monoisotopic (exact) mass is 170 g/mol. The first-order valence-corrected chi connectivity index (χ1v) is 4.66. The minimum absolute atomic E-state index is 0.692. The van der Waals surface area contributed by atoms with E-state index < -0.39 is 0 Å². The number of nitrogens with zero attached hydrogens (tertiary/aromatic N) is 2. The number of benzene rings is 1. The van der Waals surface area contributed by atoms with Gasteiger partial charge in [0.1, 0.15) is 0 Å². The van der Waals surface area contributed by atoms with E-state index in [9.17, 15) is 0 Å². The molecule has 0 radical (unpaired) electrons. The Morgan fingerprint density at radius 2 is 1.92 bits per heavy atom. The molecule has 2 heteroatoms. The Bertz CT molecular complexity index is 447. The fourth-order valence-corrected chi connectivity index (χ4v) is 1.58. The van der Waals surface area contributed by atoms with Gasteiger partial charge >= 0.3 is 0 Å². The van der Waals surface area contributed by atoms with E-state index in [-0.39, 0.29) is 0 Å². The summed E-state index contributed by atoms with van der Waals surface area (Å²) in [5.41, 5.74) is 2.16. The summed E-state index contributed by atoms with van der Waals surface area (Å²) in [6.07, 6.45) is 2.57. The molecule has 1 aromatic heterocycles. The molecule has 1 fully saturated rings. The molecule has 64 valence electrons. The van der Waals surface area contributed by atoms with Gasteiger partial charge in [0.25, 0.3) is 0 Å². The lowest BCUT2D eigenvalue weighted by molar-refractivity contribution is 0.935. The van der Waals surface area contributed by atoms with Gasteiger partial charge in [0.15, 0.2) is 0 Å². The van der Waals surface area contributed by atoms with Crippen LogP contribution in [-0.4, -0.2) is 10.2 Å². The van der Waals surface area contributed by atoms with E-state index >= 15 is 0 Å². The van der Waals surface area contributed by atoms with Crippen molar-refractivity contribution < 1.29 is 0 Å². The van der Waals surface area contributed by atoms with Gasteiger partial charge in [-0.05, 0) is 25.0 Å². The largest absolute Gasteiger partial charge is 0.155 e. The van der Waals surface area contributed by atoms with Crippen molar-refractivity contribution in [2.45, 2.75) is 18.8 Å².